The van der Waals surface area contributed by atoms with Gasteiger partial charge in [-0.3, -0.25) is 4.79 Å². The molecule has 1 unspecified atom stereocenters. The average molecular weight is 293 g/mol. The highest BCUT2D eigenvalue weighted by Crippen LogP contribution is 2.25. The largest absolute Gasteiger partial charge is 0.312 e. The summed E-state index contributed by atoms with van der Waals surface area (Å²) in [5.74, 6) is 2.18. The van der Waals surface area contributed by atoms with E-state index in [4.69, 9.17) is 0 Å². The summed E-state index contributed by atoms with van der Waals surface area (Å²) in [6, 6.07) is 8.20. The maximum atomic E-state index is 12.0. The van der Waals surface area contributed by atoms with E-state index in [0.29, 0.717) is 11.6 Å². The minimum atomic E-state index is 0.0408. The first-order chi connectivity index (χ1) is 9.31. The summed E-state index contributed by atoms with van der Waals surface area (Å²) in [6.07, 6.45) is 0.517. The Labute approximate surface area is 120 Å². The summed E-state index contributed by atoms with van der Waals surface area (Å²) in [7, 11) is 0. The molecule has 1 saturated heterocycles. The van der Waals surface area contributed by atoms with Crippen LogP contribution in [-0.4, -0.2) is 35.0 Å². The minimum Gasteiger partial charge on any atom is -0.312 e. The fraction of sp³-hybridized carbons (Fsp3) is 0.385. The Kier molecular flexibility index (Phi) is 4.00. The molecule has 2 aromatic rings. The smallest absolute Gasteiger partial charge is 0.227 e. The number of carbonyl (C=O) groups is 1. The van der Waals surface area contributed by atoms with Crippen LogP contribution in [0, 0.1) is 0 Å². The number of thioether (sulfide) groups is 1. The van der Waals surface area contributed by atoms with E-state index in [9.17, 15) is 4.79 Å². The van der Waals surface area contributed by atoms with Gasteiger partial charge in [0.25, 0.3) is 0 Å². The molecule has 100 valence electrons. The number of benzene rings is 1. The molecule has 6 heteroatoms. The van der Waals surface area contributed by atoms with Gasteiger partial charge < -0.3 is 10.6 Å². The number of amides is 1. The van der Waals surface area contributed by atoms with Crippen LogP contribution in [0.3, 0.4) is 0 Å². The number of carbonyl (C=O) groups excluding carboxylic acids is 1. The number of para-hydroxylation sites is 1. The van der Waals surface area contributed by atoms with E-state index in [1.807, 2.05) is 36.0 Å². The number of fused-ring (bicyclic) bond motifs is 1. The van der Waals surface area contributed by atoms with Gasteiger partial charge >= 0.3 is 0 Å². The normalized spacial score (nSPS) is 19.5. The predicted octanol–water partition coefficient (Wildman–Crippen LogP) is 2.33. The van der Waals surface area contributed by atoms with E-state index >= 15 is 0 Å². The van der Waals surface area contributed by atoms with E-state index in [1.165, 1.54) is 11.3 Å². The molecular weight excluding hydrogens is 278 g/mol. The van der Waals surface area contributed by atoms with Crippen LogP contribution in [0.2, 0.25) is 0 Å². The lowest BCUT2D eigenvalue weighted by Gasteiger charge is -2.22. The Morgan fingerprint density at radius 3 is 3.16 bits per heavy atom. The van der Waals surface area contributed by atoms with Crippen LogP contribution >= 0.6 is 23.1 Å². The zero-order chi connectivity index (χ0) is 13.1. The van der Waals surface area contributed by atoms with E-state index in [0.717, 1.165) is 28.3 Å². The van der Waals surface area contributed by atoms with Crippen molar-refractivity contribution >= 4 is 44.4 Å². The second-order valence-corrected chi connectivity index (χ2v) is 6.65. The molecule has 1 fully saturated rings. The maximum absolute atomic E-state index is 12.0. The van der Waals surface area contributed by atoms with Gasteiger partial charge in [-0.05, 0) is 12.1 Å². The lowest BCUT2D eigenvalue weighted by molar-refractivity contribution is -0.116. The Hall–Kier alpha value is -1.11. The van der Waals surface area contributed by atoms with Gasteiger partial charge in [0.1, 0.15) is 0 Å². The van der Waals surface area contributed by atoms with Crippen molar-refractivity contribution in [3.63, 3.8) is 0 Å². The maximum Gasteiger partial charge on any atom is 0.227 e. The number of rotatable bonds is 3. The van der Waals surface area contributed by atoms with Crippen LogP contribution in [0.25, 0.3) is 10.2 Å². The molecule has 0 spiro atoms. The van der Waals surface area contributed by atoms with Gasteiger partial charge in [0, 0.05) is 30.5 Å². The Balaban J connectivity index is 1.62. The molecule has 19 heavy (non-hydrogen) atoms. The van der Waals surface area contributed by atoms with Crippen molar-refractivity contribution in [3.05, 3.63) is 24.3 Å². The molecule has 2 N–H and O–H groups in total. The van der Waals surface area contributed by atoms with Crippen LogP contribution in [0.5, 0.6) is 0 Å². The molecule has 1 amide bonds. The van der Waals surface area contributed by atoms with Crippen molar-refractivity contribution in [2.45, 2.75) is 12.5 Å². The van der Waals surface area contributed by atoms with Gasteiger partial charge in [0.15, 0.2) is 5.13 Å². The van der Waals surface area contributed by atoms with Crippen molar-refractivity contribution in [2.75, 3.05) is 23.4 Å². The number of anilines is 1. The van der Waals surface area contributed by atoms with E-state index in [2.05, 4.69) is 15.6 Å². The quantitative estimate of drug-likeness (QED) is 0.912. The van der Waals surface area contributed by atoms with Crippen molar-refractivity contribution in [3.8, 4) is 0 Å². The van der Waals surface area contributed by atoms with Gasteiger partial charge in [0.2, 0.25) is 5.91 Å². The average Bonchev–Trinajstić information content (AvgIpc) is 2.81. The van der Waals surface area contributed by atoms with Gasteiger partial charge in [-0.1, -0.05) is 23.5 Å². The number of aromatic nitrogens is 1. The van der Waals surface area contributed by atoms with E-state index < -0.39 is 0 Å². The van der Waals surface area contributed by atoms with Crippen molar-refractivity contribution < 1.29 is 4.79 Å². The van der Waals surface area contributed by atoms with Crippen molar-refractivity contribution in [1.82, 2.24) is 10.3 Å². The Morgan fingerprint density at radius 2 is 2.37 bits per heavy atom. The topological polar surface area (TPSA) is 54.0 Å². The number of nitrogens with one attached hydrogen (secondary N) is 2. The highest BCUT2D eigenvalue weighted by atomic mass is 32.2. The summed E-state index contributed by atoms with van der Waals surface area (Å²) in [5.41, 5.74) is 0.939. The second kappa shape index (κ2) is 5.90. The second-order valence-electron chi connectivity index (χ2n) is 4.47. The van der Waals surface area contributed by atoms with Crippen molar-refractivity contribution in [2.24, 2.45) is 0 Å². The molecule has 2 heterocycles. The minimum absolute atomic E-state index is 0.0408. The van der Waals surface area contributed by atoms with Crippen LogP contribution < -0.4 is 10.6 Å². The van der Waals surface area contributed by atoms with Crippen LogP contribution in [0.1, 0.15) is 6.42 Å². The molecule has 0 bridgehead atoms. The third-order valence-electron chi connectivity index (χ3n) is 2.97. The lowest BCUT2D eigenvalue weighted by Crippen LogP contribution is -2.39. The number of hydrogen-bond donors (Lipinski definition) is 2. The van der Waals surface area contributed by atoms with Gasteiger partial charge in [0.05, 0.1) is 10.2 Å². The molecule has 1 aliphatic heterocycles. The summed E-state index contributed by atoms with van der Waals surface area (Å²) >= 11 is 3.42. The molecular formula is C13H15N3OS2. The monoisotopic (exact) mass is 293 g/mol. The Morgan fingerprint density at radius 1 is 1.47 bits per heavy atom. The van der Waals surface area contributed by atoms with Crippen molar-refractivity contribution in [1.29, 1.82) is 0 Å². The van der Waals surface area contributed by atoms with Gasteiger partial charge in [-0.2, -0.15) is 11.8 Å². The SMILES string of the molecule is O=C(CC1CSCCN1)Nc1nc2ccccc2s1. The fourth-order valence-electron chi connectivity index (χ4n) is 2.07. The molecule has 1 aliphatic rings. The highest BCUT2D eigenvalue weighted by Gasteiger charge is 2.17. The predicted molar refractivity (Wildman–Crippen MR) is 82.0 cm³/mol. The first-order valence-corrected chi connectivity index (χ1v) is 8.25. The molecule has 4 nitrogen and oxygen atoms in total. The molecule has 0 saturated carbocycles. The van der Waals surface area contributed by atoms with Crippen LogP contribution in [0.15, 0.2) is 24.3 Å². The molecule has 1 aromatic heterocycles. The van der Waals surface area contributed by atoms with Gasteiger partial charge in [-0.15, -0.1) is 0 Å². The number of hydrogen-bond acceptors (Lipinski definition) is 5. The number of thiazole rings is 1. The molecule has 1 aromatic carbocycles. The fourth-order valence-corrected chi connectivity index (χ4v) is 3.90. The zero-order valence-electron chi connectivity index (χ0n) is 10.4. The molecule has 0 aliphatic carbocycles. The highest BCUT2D eigenvalue weighted by molar-refractivity contribution is 7.99. The lowest BCUT2D eigenvalue weighted by atomic mass is 10.2. The van der Waals surface area contributed by atoms with E-state index in [-0.39, 0.29) is 11.9 Å². The third-order valence-corrected chi connectivity index (χ3v) is 5.05. The summed E-state index contributed by atoms with van der Waals surface area (Å²) < 4.78 is 1.10. The molecule has 0 radical (unpaired) electrons. The summed E-state index contributed by atoms with van der Waals surface area (Å²) in [4.78, 5) is 16.4. The van der Waals surface area contributed by atoms with Crippen LogP contribution in [-0.2, 0) is 4.79 Å². The first-order valence-electron chi connectivity index (χ1n) is 6.28. The summed E-state index contributed by atoms with van der Waals surface area (Å²) in [5, 5.41) is 6.95. The zero-order valence-corrected chi connectivity index (χ0v) is 12.0. The number of nitrogens with zero attached hydrogens (tertiary/aromatic N) is 1. The van der Waals surface area contributed by atoms with Crippen LogP contribution in [0.4, 0.5) is 5.13 Å². The Bertz CT molecular complexity index is 545. The standard InChI is InChI=1S/C13H15N3OS2/c17-12(7-9-8-18-6-5-14-9)16-13-15-10-3-1-2-4-11(10)19-13/h1-4,9,14H,5-8H2,(H,15,16,17). The van der Waals surface area contributed by atoms with Gasteiger partial charge in [-0.25, -0.2) is 4.98 Å². The first kappa shape index (κ1) is 12.9. The van der Waals surface area contributed by atoms with E-state index in [1.54, 1.807) is 0 Å². The molecule has 1 atom stereocenters. The third kappa shape index (κ3) is 3.26. The summed E-state index contributed by atoms with van der Waals surface area (Å²) in [6.45, 7) is 0.990. The molecule has 3 rings (SSSR count).